The Morgan fingerprint density at radius 1 is 1.14 bits per heavy atom. The molecule has 0 bridgehead atoms. The number of nitriles is 1. The van der Waals surface area contributed by atoms with Gasteiger partial charge in [-0.25, -0.2) is 4.98 Å². The Labute approximate surface area is 125 Å². The second-order valence-electron chi connectivity index (χ2n) is 4.04. The van der Waals surface area contributed by atoms with Crippen molar-refractivity contribution in [3.05, 3.63) is 54.6 Å². The number of thiazole rings is 1. The molecule has 0 fully saturated rings. The highest BCUT2D eigenvalue weighted by molar-refractivity contribution is 7.22. The number of para-hydroxylation sites is 2. The molecule has 1 aromatic heterocycles. The van der Waals surface area contributed by atoms with Crippen molar-refractivity contribution in [2.24, 2.45) is 4.99 Å². The summed E-state index contributed by atoms with van der Waals surface area (Å²) < 4.78 is 6.59. The van der Waals surface area contributed by atoms with Crippen LogP contribution in [0.4, 0.5) is 5.13 Å². The number of nitrogens with one attached hydrogen (secondary N) is 1. The van der Waals surface area contributed by atoms with Crippen LogP contribution in [0.25, 0.3) is 10.2 Å². The molecule has 5 nitrogen and oxygen atoms in total. The molecular weight excluding hydrogens is 284 g/mol. The molecule has 0 aliphatic rings. The van der Waals surface area contributed by atoms with Crippen LogP contribution in [0.1, 0.15) is 0 Å². The first kappa shape index (κ1) is 13.1. The van der Waals surface area contributed by atoms with Crippen molar-refractivity contribution in [3.8, 4) is 11.9 Å². The largest absolute Gasteiger partial charge is 0.425 e. The van der Waals surface area contributed by atoms with Gasteiger partial charge in [0, 0.05) is 0 Å². The van der Waals surface area contributed by atoms with Crippen LogP contribution in [-0.2, 0) is 0 Å². The maximum atomic E-state index is 8.76. The summed E-state index contributed by atoms with van der Waals surface area (Å²) in [6, 6.07) is 17.0. The lowest BCUT2D eigenvalue weighted by Crippen LogP contribution is -2.19. The molecule has 102 valence electrons. The Hall–Kier alpha value is -2.91. The average molecular weight is 294 g/mol. The van der Waals surface area contributed by atoms with Crippen LogP contribution in [-0.4, -0.2) is 11.0 Å². The van der Waals surface area contributed by atoms with Crippen LogP contribution in [0.15, 0.2) is 59.6 Å². The molecule has 0 spiro atoms. The first-order chi connectivity index (χ1) is 10.3. The van der Waals surface area contributed by atoms with Crippen molar-refractivity contribution < 1.29 is 4.74 Å². The third kappa shape index (κ3) is 3.16. The lowest BCUT2D eigenvalue weighted by Gasteiger charge is -2.06. The smallest absolute Gasteiger partial charge is 0.312 e. The third-order valence-corrected chi connectivity index (χ3v) is 3.57. The second kappa shape index (κ2) is 6.03. The van der Waals surface area contributed by atoms with Crippen molar-refractivity contribution in [2.45, 2.75) is 0 Å². The van der Waals surface area contributed by atoms with Crippen LogP contribution in [0.3, 0.4) is 0 Å². The zero-order valence-corrected chi connectivity index (χ0v) is 11.7. The lowest BCUT2D eigenvalue weighted by molar-refractivity contribution is 0.549. The zero-order chi connectivity index (χ0) is 14.5. The van der Waals surface area contributed by atoms with Gasteiger partial charge in [-0.2, -0.15) is 5.26 Å². The summed E-state index contributed by atoms with van der Waals surface area (Å²) in [6.07, 6.45) is 1.72. The fourth-order valence-corrected chi connectivity index (χ4v) is 2.59. The molecule has 6 heteroatoms. The van der Waals surface area contributed by atoms with Gasteiger partial charge in [-0.15, -0.1) is 4.99 Å². The van der Waals surface area contributed by atoms with Crippen LogP contribution in [0, 0.1) is 11.5 Å². The predicted molar refractivity (Wildman–Crippen MR) is 83.4 cm³/mol. The summed E-state index contributed by atoms with van der Waals surface area (Å²) in [4.78, 5) is 8.05. The van der Waals surface area contributed by atoms with Gasteiger partial charge in [0.25, 0.3) is 0 Å². The number of hydrogen-bond donors (Lipinski definition) is 1. The number of benzene rings is 2. The third-order valence-electron chi connectivity index (χ3n) is 2.62. The van der Waals surface area contributed by atoms with Crippen molar-refractivity contribution in [1.29, 1.82) is 5.26 Å². The topological polar surface area (TPSA) is 70.3 Å². The summed E-state index contributed by atoms with van der Waals surface area (Å²) in [7, 11) is 0. The van der Waals surface area contributed by atoms with Crippen molar-refractivity contribution in [1.82, 2.24) is 4.98 Å². The number of aromatic nitrogens is 1. The maximum absolute atomic E-state index is 8.76. The van der Waals surface area contributed by atoms with Crippen molar-refractivity contribution in [3.63, 3.8) is 0 Å². The lowest BCUT2D eigenvalue weighted by atomic mass is 10.3. The molecule has 0 radical (unpaired) electrons. The molecule has 2 aromatic carbocycles. The second-order valence-corrected chi connectivity index (χ2v) is 5.07. The van der Waals surface area contributed by atoms with E-state index in [1.54, 1.807) is 18.3 Å². The van der Waals surface area contributed by atoms with Gasteiger partial charge in [0.1, 0.15) is 5.75 Å². The van der Waals surface area contributed by atoms with E-state index < -0.39 is 0 Å². The Morgan fingerprint density at radius 3 is 2.67 bits per heavy atom. The fourth-order valence-electron chi connectivity index (χ4n) is 1.74. The molecule has 3 aromatic rings. The first-order valence-electron chi connectivity index (χ1n) is 6.17. The molecule has 3 rings (SSSR count). The van der Waals surface area contributed by atoms with E-state index in [0.29, 0.717) is 10.9 Å². The van der Waals surface area contributed by atoms with E-state index in [-0.39, 0.29) is 6.02 Å². The van der Waals surface area contributed by atoms with E-state index in [1.165, 1.54) is 11.3 Å². The number of ether oxygens (including phenoxy) is 1. The van der Waals surface area contributed by atoms with Crippen LogP contribution in [0.2, 0.25) is 0 Å². The number of hydrogen-bond acceptors (Lipinski definition) is 5. The van der Waals surface area contributed by atoms with Gasteiger partial charge in [-0.1, -0.05) is 41.7 Å². The Balaban J connectivity index is 1.82. The summed E-state index contributed by atoms with van der Waals surface area (Å²) in [5.41, 5.74) is 0.890. The normalized spacial score (nSPS) is 11.1. The van der Waals surface area contributed by atoms with Gasteiger partial charge in [0.15, 0.2) is 5.13 Å². The predicted octanol–water partition coefficient (Wildman–Crippen LogP) is 3.62. The quantitative estimate of drug-likeness (QED) is 0.445. The SMILES string of the molecule is N#C/N=C(/Nc1nc2ccccc2s1)Oc1ccccc1. The Morgan fingerprint density at radius 2 is 1.90 bits per heavy atom. The Kier molecular flexibility index (Phi) is 3.76. The molecule has 0 aliphatic carbocycles. The molecule has 21 heavy (non-hydrogen) atoms. The molecule has 0 atom stereocenters. The average Bonchev–Trinajstić information content (AvgIpc) is 2.90. The van der Waals surface area contributed by atoms with E-state index in [4.69, 9.17) is 10.00 Å². The number of amidine groups is 1. The van der Waals surface area contributed by atoms with Gasteiger partial charge < -0.3 is 4.74 Å². The zero-order valence-electron chi connectivity index (χ0n) is 10.9. The number of nitrogens with zero attached hydrogens (tertiary/aromatic N) is 3. The van der Waals surface area contributed by atoms with E-state index in [2.05, 4.69) is 15.3 Å². The molecular formula is C15H10N4OS. The molecule has 0 aliphatic heterocycles. The Bertz CT molecular complexity index is 787. The van der Waals surface area contributed by atoms with Crippen LogP contribution in [0.5, 0.6) is 5.75 Å². The monoisotopic (exact) mass is 294 g/mol. The highest BCUT2D eigenvalue weighted by Crippen LogP contribution is 2.25. The summed E-state index contributed by atoms with van der Waals surface area (Å²) in [6.45, 7) is 0. The highest BCUT2D eigenvalue weighted by Gasteiger charge is 2.08. The van der Waals surface area contributed by atoms with E-state index in [0.717, 1.165) is 10.2 Å². The molecule has 1 N–H and O–H groups in total. The standard InChI is InChI=1S/C15H10N4OS/c16-10-17-14(20-11-6-2-1-3-7-11)19-15-18-12-8-4-5-9-13(12)21-15/h1-9H,(H,17,18,19). The van der Waals surface area contributed by atoms with Gasteiger partial charge >= 0.3 is 6.02 Å². The summed E-state index contributed by atoms with van der Waals surface area (Å²) in [5, 5.41) is 12.3. The summed E-state index contributed by atoms with van der Waals surface area (Å²) in [5.74, 6) is 0.597. The maximum Gasteiger partial charge on any atom is 0.312 e. The van der Waals surface area contributed by atoms with Gasteiger partial charge in [0.05, 0.1) is 10.2 Å². The minimum atomic E-state index is 0.0998. The minimum absolute atomic E-state index is 0.0998. The molecule has 0 amide bonds. The molecule has 0 unspecified atom stereocenters. The van der Waals surface area contributed by atoms with Gasteiger partial charge in [0.2, 0.25) is 6.19 Å². The molecule has 1 heterocycles. The number of fused-ring (bicyclic) bond motifs is 1. The first-order valence-corrected chi connectivity index (χ1v) is 6.99. The highest BCUT2D eigenvalue weighted by atomic mass is 32.1. The molecule has 0 saturated carbocycles. The number of anilines is 1. The van der Waals surface area contributed by atoms with Crippen molar-refractivity contribution >= 4 is 32.7 Å². The number of rotatable bonds is 2. The van der Waals surface area contributed by atoms with E-state index >= 15 is 0 Å². The number of aliphatic imine (C=N–C) groups is 1. The van der Waals surface area contributed by atoms with Crippen LogP contribution >= 0.6 is 11.3 Å². The van der Waals surface area contributed by atoms with E-state index in [1.807, 2.05) is 42.5 Å². The minimum Gasteiger partial charge on any atom is -0.425 e. The fraction of sp³-hybridized carbons (Fsp3) is 0. The van der Waals surface area contributed by atoms with E-state index in [9.17, 15) is 0 Å². The van der Waals surface area contributed by atoms with Gasteiger partial charge in [-0.3, -0.25) is 5.32 Å². The molecule has 0 saturated heterocycles. The van der Waals surface area contributed by atoms with Crippen LogP contribution < -0.4 is 10.1 Å². The summed E-state index contributed by atoms with van der Waals surface area (Å²) >= 11 is 1.47. The van der Waals surface area contributed by atoms with Crippen molar-refractivity contribution in [2.75, 3.05) is 5.32 Å². The van der Waals surface area contributed by atoms with Gasteiger partial charge in [-0.05, 0) is 24.3 Å².